The lowest BCUT2D eigenvalue weighted by molar-refractivity contribution is 0.201. The average molecular weight is 504 g/mol. The predicted molar refractivity (Wildman–Crippen MR) is 138 cm³/mol. The molecule has 5 aromatic rings. The molecule has 2 aromatic carbocycles. The molecule has 0 aliphatic heterocycles. The lowest BCUT2D eigenvalue weighted by Crippen LogP contribution is -2.18. The van der Waals surface area contributed by atoms with E-state index < -0.39 is 11.6 Å². The molecule has 3 heterocycles. The molecular weight excluding hydrogens is 480 g/mol. The Kier molecular flexibility index (Phi) is 6.22. The molecule has 0 saturated carbocycles. The minimum absolute atomic E-state index is 0.114. The number of rotatable bonds is 6. The highest BCUT2D eigenvalue weighted by atomic mass is 19.1. The van der Waals surface area contributed by atoms with Crippen LogP contribution < -0.4 is 15.9 Å². The number of aryl methyl sites for hydroxylation is 2. The van der Waals surface area contributed by atoms with Gasteiger partial charge in [0.2, 0.25) is 0 Å². The van der Waals surface area contributed by atoms with E-state index in [1.165, 1.54) is 21.3 Å². The molecule has 3 aromatic heterocycles. The Bertz CT molecular complexity index is 1770. The fraction of sp³-hybridized carbons (Fsp3) is 0.143. The number of aliphatic hydroxyl groups excluding tert-OH is 1. The van der Waals surface area contributed by atoms with E-state index in [4.69, 9.17) is 9.84 Å². The Morgan fingerprint density at radius 3 is 2.43 bits per heavy atom. The zero-order valence-electron chi connectivity index (χ0n) is 20.1. The lowest BCUT2D eigenvalue weighted by Gasteiger charge is -2.15. The van der Waals surface area contributed by atoms with E-state index in [2.05, 4.69) is 4.98 Å². The molecular formula is C28H23F2N3O4. The number of hydrogen-bond donors (Lipinski definition) is 2. The molecule has 2 N–H and O–H groups in total. The number of H-pyrrole nitrogens is 1. The third-order valence-corrected chi connectivity index (χ3v) is 6.21. The summed E-state index contributed by atoms with van der Waals surface area (Å²) < 4.78 is 36.5. The van der Waals surface area contributed by atoms with Crippen LogP contribution in [0.25, 0.3) is 44.4 Å². The van der Waals surface area contributed by atoms with E-state index in [0.717, 1.165) is 17.7 Å². The van der Waals surface area contributed by atoms with Crippen LogP contribution in [0, 0.1) is 11.6 Å². The van der Waals surface area contributed by atoms with Crippen LogP contribution >= 0.6 is 0 Å². The molecule has 0 spiro atoms. The van der Waals surface area contributed by atoms with Gasteiger partial charge in [0.25, 0.3) is 11.1 Å². The van der Waals surface area contributed by atoms with Crippen LogP contribution in [-0.4, -0.2) is 32.4 Å². The quantitative estimate of drug-likeness (QED) is 0.363. The van der Waals surface area contributed by atoms with Crippen LogP contribution in [0.15, 0.2) is 76.6 Å². The fourth-order valence-corrected chi connectivity index (χ4v) is 4.40. The van der Waals surface area contributed by atoms with Crippen LogP contribution in [0.1, 0.15) is 0 Å². The van der Waals surface area contributed by atoms with Crippen molar-refractivity contribution in [3.63, 3.8) is 0 Å². The van der Waals surface area contributed by atoms with Gasteiger partial charge in [-0.2, -0.15) is 0 Å². The van der Waals surface area contributed by atoms with E-state index >= 15 is 0 Å². The number of aromatic amines is 1. The summed E-state index contributed by atoms with van der Waals surface area (Å²) in [4.78, 5) is 28.7. The summed E-state index contributed by atoms with van der Waals surface area (Å²) >= 11 is 0. The van der Waals surface area contributed by atoms with Crippen molar-refractivity contribution in [3.8, 4) is 39.3 Å². The number of aliphatic hydroxyl groups is 1. The van der Waals surface area contributed by atoms with E-state index in [-0.39, 0.29) is 35.4 Å². The van der Waals surface area contributed by atoms with Crippen LogP contribution in [0.2, 0.25) is 0 Å². The second kappa shape index (κ2) is 9.51. The normalized spacial score (nSPS) is 11.3. The van der Waals surface area contributed by atoms with Crippen LogP contribution in [0.4, 0.5) is 8.78 Å². The smallest absolute Gasteiger partial charge is 0.274 e. The predicted octanol–water partition coefficient (Wildman–Crippen LogP) is 4.22. The third kappa shape index (κ3) is 4.45. The number of aromatic nitrogens is 3. The van der Waals surface area contributed by atoms with Crippen molar-refractivity contribution in [1.82, 2.24) is 14.1 Å². The molecule has 37 heavy (non-hydrogen) atoms. The number of fused-ring (bicyclic) bond motifs is 1. The molecule has 9 heteroatoms. The van der Waals surface area contributed by atoms with Gasteiger partial charge in [0.15, 0.2) is 0 Å². The van der Waals surface area contributed by atoms with Crippen molar-refractivity contribution in [2.24, 2.45) is 14.1 Å². The van der Waals surface area contributed by atoms with Crippen molar-refractivity contribution in [3.05, 3.63) is 99.3 Å². The van der Waals surface area contributed by atoms with Crippen LogP contribution in [-0.2, 0) is 14.1 Å². The summed E-state index contributed by atoms with van der Waals surface area (Å²) in [6, 6.07) is 13.6. The maximum Gasteiger partial charge on any atom is 0.274 e. The summed E-state index contributed by atoms with van der Waals surface area (Å²) in [5.74, 6) is -0.921. The Hall–Kier alpha value is -4.50. The van der Waals surface area contributed by atoms with Crippen molar-refractivity contribution < 1.29 is 18.6 Å². The number of nitrogens with zero attached hydrogens (tertiary/aromatic N) is 2. The highest BCUT2D eigenvalue weighted by Gasteiger charge is 2.19. The fourth-order valence-electron chi connectivity index (χ4n) is 4.40. The first-order chi connectivity index (χ1) is 17.8. The second-order valence-electron chi connectivity index (χ2n) is 8.70. The van der Waals surface area contributed by atoms with Gasteiger partial charge in [-0.05, 0) is 41.5 Å². The van der Waals surface area contributed by atoms with Gasteiger partial charge in [0.05, 0.1) is 6.61 Å². The van der Waals surface area contributed by atoms with Crippen LogP contribution in [0.5, 0.6) is 5.75 Å². The summed E-state index contributed by atoms with van der Waals surface area (Å²) in [7, 11) is 3.23. The molecule has 0 fully saturated rings. The van der Waals surface area contributed by atoms with E-state index in [9.17, 15) is 18.4 Å². The molecule has 0 saturated heterocycles. The summed E-state index contributed by atoms with van der Waals surface area (Å²) in [5, 5.41) is 9.59. The van der Waals surface area contributed by atoms with Gasteiger partial charge in [-0.25, -0.2) is 8.78 Å². The number of nitrogens with one attached hydrogen (secondary N) is 1. The Labute approximate surface area is 209 Å². The zero-order valence-corrected chi connectivity index (χ0v) is 20.1. The maximum atomic E-state index is 14.6. The second-order valence-corrected chi connectivity index (χ2v) is 8.70. The van der Waals surface area contributed by atoms with Gasteiger partial charge < -0.3 is 24.0 Å². The van der Waals surface area contributed by atoms with Gasteiger partial charge >= 0.3 is 0 Å². The number of pyridine rings is 2. The van der Waals surface area contributed by atoms with Crippen molar-refractivity contribution in [1.29, 1.82) is 0 Å². The molecule has 0 radical (unpaired) electrons. The van der Waals surface area contributed by atoms with Crippen molar-refractivity contribution >= 4 is 10.9 Å². The van der Waals surface area contributed by atoms with Crippen molar-refractivity contribution in [2.45, 2.75) is 0 Å². The topological polar surface area (TPSA) is 89.2 Å². The van der Waals surface area contributed by atoms with E-state index in [1.807, 2.05) is 6.07 Å². The highest BCUT2D eigenvalue weighted by molar-refractivity contribution is 6.00. The molecule has 0 aliphatic rings. The van der Waals surface area contributed by atoms with Gasteiger partial charge in [0.1, 0.15) is 29.5 Å². The first kappa shape index (κ1) is 24.2. The summed E-state index contributed by atoms with van der Waals surface area (Å²) in [6.07, 6.45) is 3.33. The Morgan fingerprint density at radius 2 is 1.68 bits per heavy atom. The Morgan fingerprint density at radius 1 is 0.892 bits per heavy atom. The first-order valence-electron chi connectivity index (χ1n) is 11.5. The summed E-state index contributed by atoms with van der Waals surface area (Å²) in [6.45, 7) is 0.00684. The van der Waals surface area contributed by atoms with Crippen molar-refractivity contribution in [2.75, 3.05) is 13.2 Å². The zero-order chi connectivity index (χ0) is 26.3. The van der Waals surface area contributed by atoms with Gasteiger partial charge in [-0.3, -0.25) is 9.59 Å². The number of benzene rings is 2. The number of hydrogen-bond acceptors (Lipinski definition) is 4. The van der Waals surface area contributed by atoms with Gasteiger partial charge in [-0.1, -0.05) is 12.1 Å². The number of ether oxygens (including phenoxy) is 1. The average Bonchev–Trinajstić information content (AvgIpc) is 3.32. The number of halogens is 2. The first-order valence-corrected chi connectivity index (χ1v) is 11.5. The van der Waals surface area contributed by atoms with E-state index in [1.54, 1.807) is 50.8 Å². The van der Waals surface area contributed by atoms with Gasteiger partial charge in [-0.15, -0.1) is 0 Å². The van der Waals surface area contributed by atoms with Gasteiger partial charge in [0, 0.05) is 66.4 Å². The molecule has 7 nitrogen and oxygen atoms in total. The molecule has 0 atom stereocenters. The molecule has 0 bridgehead atoms. The minimum Gasteiger partial charge on any atom is -0.491 e. The lowest BCUT2D eigenvalue weighted by atomic mass is 9.95. The minimum atomic E-state index is -0.765. The standard InChI is InChI=1S/C28H23F2N3O4/c1-32-14-22(16-4-3-5-18(10-16)37-9-8-34)20(13-26(32)35)23-15-33(2)28(36)27-21(23)12-25(31-27)19-7-6-17(29)11-24(19)30/h3-7,10-15,31,34H,8-9H2,1-2H3. The highest BCUT2D eigenvalue weighted by Crippen LogP contribution is 2.37. The Balaban J connectivity index is 1.77. The SMILES string of the molecule is Cn1cc(-c2cccc(OCCO)c2)c(-c2cn(C)c(=O)c3[nH]c(-c4ccc(F)cc4F)cc23)cc1=O. The largest absolute Gasteiger partial charge is 0.491 e. The monoisotopic (exact) mass is 503 g/mol. The summed E-state index contributed by atoms with van der Waals surface area (Å²) in [5.41, 5.74) is 2.65. The molecule has 188 valence electrons. The molecule has 0 unspecified atom stereocenters. The molecule has 0 amide bonds. The molecule has 5 rings (SSSR count). The third-order valence-electron chi connectivity index (χ3n) is 6.21. The maximum absolute atomic E-state index is 14.6. The van der Waals surface area contributed by atoms with Crippen LogP contribution in [0.3, 0.4) is 0 Å². The molecule has 0 aliphatic carbocycles. The van der Waals surface area contributed by atoms with E-state index in [0.29, 0.717) is 33.5 Å².